The molecule has 0 amide bonds. The summed E-state index contributed by atoms with van der Waals surface area (Å²) in [5.41, 5.74) is 5.90. The predicted molar refractivity (Wildman–Crippen MR) is 53.5 cm³/mol. The summed E-state index contributed by atoms with van der Waals surface area (Å²) in [6.45, 7) is 5.07. The first-order valence-electron chi connectivity index (χ1n) is 4.64. The van der Waals surface area contributed by atoms with Gasteiger partial charge in [0, 0.05) is 18.0 Å². The van der Waals surface area contributed by atoms with E-state index < -0.39 is 0 Å². The predicted octanol–water partition coefficient (Wildman–Crippen LogP) is 1.33. The van der Waals surface area contributed by atoms with Crippen LogP contribution in [0, 0.1) is 5.41 Å². The van der Waals surface area contributed by atoms with Gasteiger partial charge in [-0.3, -0.25) is 0 Å². The van der Waals surface area contributed by atoms with Crippen LogP contribution in [0.25, 0.3) is 0 Å². The Kier molecular flexibility index (Phi) is 3.38. The van der Waals surface area contributed by atoms with Crippen molar-refractivity contribution in [3.05, 3.63) is 0 Å². The molecular formula is C9H19ClN2. The van der Waals surface area contributed by atoms with Gasteiger partial charge in [0.2, 0.25) is 0 Å². The van der Waals surface area contributed by atoms with Crippen LogP contribution in [-0.4, -0.2) is 24.5 Å². The van der Waals surface area contributed by atoms with E-state index in [1.54, 1.807) is 0 Å². The van der Waals surface area contributed by atoms with Gasteiger partial charge in [-0.05, 0) is 24.8 Å². The highest BCUT2D eigenvalue weighted by molar-refractivity contribution is 6.18. The van der Waals surface area contributed by atoms with Crippen LogP contribution in [-0.2, 0) is 0 Å². The van der Waals surface area contributed by atoms with Crippen LogP contribution in [0.2, 0.25) is 0 Å². The molecule has 12 heavy (non-hydrogen) atoms. The summed E-state index contributed by atoms with van der Waals surface area (Å²) in [6.07, 6.45) is 2.29. The van der Waals surface area contributed by atoms with Gasteiger partial charge in [-0.1, -0.05) is 13.8 Å². The molecule has 0 bridgehead atoms. The van der Waals surface area contributed by atoms with E-state index in [4.69, 9.17) is 17.3 Å². The molecule has 0 unspecified atom stereocenters. The lowest BCUT2D eigenvalue weighted by Gasteiger charge is -2.47. The lowest BCUT2D eigenvalue weighted by atomic mass is 9.66. The van der Waals surface area contributed by atoms with Gasteiger partial charge in [0.25, 0.3) is 0 Å². The summed E-state index contributed by atoms with van der Waals surface area (Å²) in [4.78, 5) is 0. The van der Waals surface area contributed by atoms with E-state index in [0.717, 1.165) is 19.4 Å². The average Bonchev–Trinajstić information content (AvgIpc) is 1.95. The minimum Gasteiger partial charge on any atom is -0.330 e. The molecule has 0 aromatic carbocycles. The van der Waals surface area contributed by atoms with Crippen molar-refractivity contribution in [2.24, 2.45) is 11.1 Å². The molecule has 0 spiro atoms. The van der Waals surface area contributed by atoms with Crippen molar-refractivity contribution in [3.63, 3.8) is 0 Å². The second kappa shape index (κ2) is 3.95. The monoisotopic (exact) mass is 190 g/mol. The zero-order chi connectivity index (χ0) is 9.19. The van der Waals surface area contributed by atoms with Gasteiger partial charge in [0.1, 0.15) is 0 Å². The SMILES string of the molecule is CC(C)NC1CC(CN)(CCl)C1. The van der Waals surface area contributed by atoms with E-state index in [2.05, 4.69) is 19.2 Å². The Hall–Kier alpha value is 0.210. The maximum absolute atomic E-state index is 5.85. The van der Waals surface area contributed by atoms with E-state index in [-0.39, 0.29) is 5.41 Å². The fourth-order valence-electron chi connectivity index (χ4n) is 1.91. The molecule has 1 rings (SSSR count). The Morgan fingerprint density at radius 2 is 2.17 bits per heavy atom. The Morgan fingerprint density at radius 3 is 2.50 bits per heavy atom. The molecule has 1 aliphatic carbocycles. The van der Waals surface area contributed by atoms with Crippen molar-refractivity contribution in [2.75, 3.05) is 12.4 Å². The molecule has 0 aromatic heterocycles. The van der Waals surface area contributed by atoms with Gasteiger partial charge in [-0.2, -0.15) is 0 Å². The van der Waals surface area contributed by atoms with Gasteiger partial charge in [0.15, 0.2) is 0 Å². The van der Waals surface area contributed by atoms with Crippen LogP contribution in [0.1, 0.15) is 26.7 Å². The molecule has 0 heterocycles. The topological polar surface area (TPSA) is 38.0 Å². The molecule has 0 aliphatic heterocycles. The number of nitrogens with one attached hydrogen (secondary N) is 1. The van der Waals surface area contributed by atoms with E-state index in [9.17, 15) is 0 Å². The van der Waals surface area contributed by atoms with Crippen LogP contribution in [0.3, 0.4) is 0 Å². The number of hydrogen-bond donors (Lipinski definition) is 2. The summed E-state index contributed by atoms with van der Waals surface area (Å²) < 4.78 is 0. The third kappa shape index (κ3) is 2.12. The summed E-state index contributed by atoms with van der Waals surface area (Å²) in [5.74, 6) is 0.708. The van der Waals surface area contributed by atoms with Crippen LogP contribution in [0.15, 0.2) is 0 Å². The summed E-state index contributed by atoms with van der Waals surface area (Å²) in [6, 6.07) is 1.22. The highest BCUT2D eigenvalue weighted by atomic mass is 35.5. The zero-order valence-corrected chi connectivity index (χ0v) is 8.69. The molecule has 1 aliphatic rings. The van der Waals surface area contributed by atoms with Gasteiger partial charge < -0.3 is 11.1 Å². The quantitative estimate of drug-likeness (QED) is 0.657. The van der Waals surface area contributed by atoms with Crippen LogP contribution in [0.4, 0.5) is 0 Å². The van der Waals surface area contributed by atoms with Crippen LogP contribution in [0.5, 0.6) is 0 Å². The lowest BCUT2D eigenvalue weighted by molar-refractivity contribution is 0.111. The molecular weight excluding hydrogens is 172 g/mol. The van der Waals surface area contributed by atoms with Gasteiger partial charge >= 0.3 is 0 Å². The smallest absolute Gasteiger partial charge is 0.0293 e. The highest BCUT2D eigenvalue weighted by Crippen LogP contribution is 2.41. The van der Waals surface area contributed by atoms with Crippen LogP contribution >= 0.6 is 11.6 Å². The fraction of sp³-hybridized carbons (Fsp3) is 1.00. The van der Waals surface area contributed by atoms with Crippen molar-refractivity contribution in [2.45, 2.75) is 38.8 Å². The van der Waals surface area contributed by atoms with E-state index in [1.165, 1.54) is 0 Å². The molecule has 3 N–H and O–H groups in total. The standard InChI is InChI=1S/C9H19ClN2/c1-7(2)12-8-3-9(4-8,5-10)6-11/h7-8,12H,3-6,11H2,1-2H3. The molecule has 1 fully saturated rings. The third-order valence-corrected chi connectivity index (χ3v) is 3.21. The second-order valence-corrected chi connectivity index (χ2v) is 4.53. The number of hydrogen-bond acceptors (Lipinski definition) is 2. The zero-order valence-electron chi connectivity index (χ0n) is 7.94. The molecule has 0 radical (unpaired) electrons. The third-order valence-electron chi connectivity index (χ3n) is 2.64. The second-order valence-electron chi connectivity index (χ2n) is 4.26. The van der Waals surface area contributed by atoms with Crippen molar-refractivity contribution in [1.29, 1.82) is 0 Å². The maximum atomic E-state index is 5.85. The molecule has 0 saturated heterocycles. The summed E-state index contributed by atoms with van der Waals surface area (Å²) >= 11 is 5.85. The first-order valence-corrected chi connectivity index (χ1v) is 5.17. The lowest BCUT2D eigenvalue weighted by Crippen LogP contribution is -2.54. The normalized spacial score (nSPS) is 35.2. The molecule has 1 saturated carbocycles. The minimum atomic E-state index is 0.244. The molecule has 72 valence electrons. The number of halogens is 1. The van der Waals surface area contributed by atoms with E-state index >= 15 is 0 Å². The molecule has 2 nitrogen and oxygen atoms in total. The van der Waals surface area contributed by atoms with Crippen molar-refractivity contribution in [3.8, 4) is 0 Å². The Labute approximate surface area is 79.8 Å². The number of alkyl halides is 1. The van der Waals surface area contributed by atoms with Gasteiger partial charge in [-0.25, -0.2) is 0 Å². The Balaban J connectivity index is 2.25. The average molecular weight is 191 g/mol. The number of rotatable bonds is 4. The maximum Gasteiger partial charge on any atom is 0.0293 e. The van der Waals surface area contributed by atoms with Crippen molar-refractivity contribution < 1.29 is 0 Å². The largest absolute Gasteiger partial charge is 0.330 e. The fourth-order valence-corrected chi connectivity index (χ4v) is 2.23. The Bertz CT molecular complexity index is 135. The number of nitrogens with two attached hydrogens (primary N) is 1. The van der Waals surface area contributed by atoms with Crippen molar-refractivity contribution in [1.82, 2.24) is 5.32 Å². The van der Waals surface area contributed by atoms with Gasteiger partial charge in [-0.15, -0.1) is 11.6 Å². The van der Waals surface area contributed by atoms with Crippen molar-refractivity contribution >= 4 is 11.6 Å². The van der Waals surface area contributed by atoms with E-state index in [1.807, 2.05) is 0 Å². The molecule has 0 atom stereocenters. The van der Waals surface area contributed by atoms with Crippen LogP contribution < -0.4 is 11.1 Å². The first kappa shape index (κ1) is 10.3. The van der Waals surface area contributed by atoms with E-state index in [0.29, 0.717) is 18.0 Å². The Morgan fingerprint density at radius 1 is 1.58 bits per heavy atom. The summed E-state index contributed by atoms with van der Waals surface area (Å²) in [5, 5.41) is 3.49. The first-order chi connectivity index (χ1) is 5.62. The highest BCUT2D eigenvalue weighted by Gasteiger charge is 2.42. The molecule has 3 heteroatoms. The van der Waals surface area contributed by atoms with Gasteiger partial charge in [0.05, 0.1) is 0 Å². The minimum absolute atomic E-state index is 0.244. The molecule has 0 aromatic rings. The summed E-state index contributed by atoms with van der Waals surface area (Å²) in [7, 11) is 0.